The molecule has 1 aliphatic heterocycles. The van der Waals surface area contributed by atoms with Crippen molar-refractivity contribution in [2.75, 3.05) is 19.6 Å². The van der Waals surface area contributed by atoms with Crippen molar-refractivity contribution in [1.29, 1.82) is 0 Å². The summed E-state index contributed by atoms with van der Waals surface area (Å²) in [7, 11) is 0. The van der Waals surface area contributed by atoms with Crippen LogP contribution in [-0.2, 0) is 9.59 Å². The molecule has 0 aromatic heterocycles. The number of amides is 2. The minimum atomic E-state index is -0.0805. The molecule has 0 atom stereocenters. The number of guanidine groups is 1. The highest BCUT2D eigenvalue weighted by atomic mass is 127. The molecule has 0 bridgehead atoms. The molecule has 0 aromatic carbocycles. The fourth-order valence-corrected chi connectivity index (χ4v) is 2.30. The van der Waals surface area contributed by atoms with Crippen molar-refractivity contribution in [3.05, 3.63) is 0 Å². The molecule has 0 spiro atoms. The average Bonchev–Trinajstić information content (AvgIpc) is 2.31. The molecule has 0 unspecified atom stereocenters. The van der Waals surface area contributed by atoms with E-state index < -0.39 is 0 Å². The predicted molar refractivity (Wildman–Crippen MR) is 87.8 cm³/mol. The first-order chi connectivity index (χ1) is 9.16. The third-order valence-corrected chi connectivity index (χ3v) is 3.77. The van der Waals surface area contributed by atoms with Crippen LogP contribution in [0, 0.1) is 5.92 Å². The fourth-order valence-electron chi connectivity index (χ4n) is 2.30. The number of nitrogens with zero attached hydrogens (tertiary/aromatic N) is 2. The molecule has 20 heavy (non-hydrogen) atoms. The second kappa shape index (κ2) is 8.43. The van der Waals surface area contributed by atoms with Crippen molar-refractivity contribution in [3.8, 4) is 0 Å². The van der Waals surface area contributed by atoms with E-state index in [1.54, 1.807) is 0 Å². The van der Waals surface area contributed by atoms with Gasteiger partial charge in [-0.25, -0.2) is 0 Å². The van der Waals surface area contributed by atoms with E-state index in [-0.39, 0.29) is 35.8 Å². The lowest BCUT2D eigenvalue weighted by Gasteiger charge is -2.25. The van der Waals surface area contributed by atoms with Crippen molar-refractivity contribution in [2.45, 2.75) is 38.5 Å². The van der Waals surface area contributed by atoms with E-state index >= 15 is 0 Å². The van der Waals surface area contributed by atoms with Crippen molar-refractivity contribution in [1.82, 2.24) is 10.2 Å². The largest absolute Gasteiger partial charge is 0.370 e. The van der Waals surface area contributed by atoms with Gasteiger partial charge in [-0.15, -0.1) is 24.0 Å². The Morgan fingerprint density at radius 3 is 2.45 bits per heavy atom. The van der Waals surface area contributed by atoms with Crippen LogP contribution in [0.3, 0.4) is 0 Å². The Morgan fingerprint density at radius 2 is 1.90 bits per heavy atom. The lowest BCUT2D eigenvalue weighted by atomic mass is 9.86. The van der Waals surface area contributed by atoms with Crippen LogP contribution >= 0.6 is 24.0 Å². The highest BCUT2D eigenvalue weighted by Gasteiger charge is 2.25. The van der Waals surface area contributed by atoms with E-state index in [4.69, 9.17) is 5.73 Å². The minimum absolute atomic E-state index is 0. The highest BCUT2D eigenvalue weighted by molar-refractivity contribution is 14.0. The summed E-state index contributed by atoms with van der Waals surface area (Å²) in [4.78, 5) is 28.7. The van der Waals surface area contributed by atoms with Gasteiger partial charge >= 0.3 is 0 Å². The molecule has 0 radical (unpaired) electrons. The number of nitrogens with two attached hydrogens (primary N) is 1. The van der Waals surface area contributed by atoms with E-state index in [0.717, 1.165) is 6.54 Å². The van der Waals surface area contributed by atoms with E-state index in [0.29, 0.717) is 44.2 Å². The molecule has 2 amide bonds. The van der Waals surface area contributed by atoms with Crippen molar-refractivity contribution in [2.24, 2.45) is 16.6 Å². The number of aliphatic imine (C=N–C) groups is 1. The number of imide groups is 1. The van der Waals surface area contributed by atoms with Crippen LogP contribution < -0.4 is 11.1 Å². The Hall–Kier alpha value is -0.860. The molecule has 1 saturated heterocycles. The number of carbonyl (C=O) groups is 2. The predicted octanol–water partition coefficient (Wildman–Crippen LogP) is 0.848. The van der Waals surface area contributed by atoms with Gasteiger partial charge in [-0.05, 0) is 25.2 Å². The minimum Gasteiger partial charge on any atom is -0.370 e. The molecule has 2 aliphatic rings. The van der Waals surface area contributed by atoms with Gasteiger partial charge in [-0.3, -0.25) is 19.5 Å². The molecule has 6 nitrogen and oxygen atoms in total. The second-order valence-electron chi connectivity index (χ2n) is 5.24. The van der Waals surface area contributed by atoms with Gasteiger partial charge in [-0.2, -0.15) is 0 Å². The molecule has 0 aromatic rings. The van der Waals surface area contributed by atoms with E-state index in [1.165, 1.54) is 24.2 Å². The van der Waals surface area contributed by atoms with Crippen LogP contribution in [0.4, 0.5) is 0 Å². The summed E-state index contributed by atoms with van der Waals surface area (Å²) >= 11 is 0. The molecule has 7 heteroatoms. The number of nitrogens with one attached hydrogen (secondary N) is 1. The summed E-state index contributed by atoms with van der Waals surface area (Å²) in [6.07, 6.45) is 5.40. The zero-order valence-electron chi connectivity index (χ0n) is 11.6. The Kier molecular flexibility index (Phi) is 7.25. The van der Waals surface area contributed by atoms with Gasteiger partial charge < -0.3 is 11.1 Å². The van der Waals surface area contributed by atoms with Crippen LogP contribution in [-0.4, -0.2) is 42.3 Å². The number of piperidine rings is 1. The van der Waals surface area contributed by atoms with Crippen LogP contribution in [0.15, 0.2) is 4.99 Å². The number of rotatable bonds is 5. The van der Waals surface area contributed by atoms with Gasteiger partial charge in [0.25, 0.3) is 0 Å². The van der Waals surface area contributed by atoms with Crippen molar-refractivity contribution < 1.29 is 9.59 Å². The number of hydrogen-bond acceptors (Lipinski definition) is 3. The van der Waals surface area contributed by atoms with Gasteiger partial charge in [0.1, 0.15) is 0 Å². The fraction of sp³-hybridized carbons (Fsp3) is 0.769. The summed E-state index contributed by atoms with van der Waals surface area (Å²) in [6.45, 7) is 1.62. The first kappa shape index (κ1) is 17.2. The quantitative estimate of drug-likeness (QED) is 0.313. The first-order valence-corrected chi connectivity index (χ1v) is 7.04. The summed E-state index contributed by atoms with van der Waals surface area (Å²) in [5.74, 6) is 0.931. The summed E-state index contributed by atoms with van der Waals surface area (Å²) in [6, 6.07) is 0. The standard InChI is InChI=1S/C13H22N4O2.HI/c14-13(16-9-10-3-1-4-10)15-7-8-17-11(18)5-2-6-12(17)19;/h10H,1-9H2,(H3,14,15,16);1H. The third kappa shape index (κ3) is 4.92. The number of hydrogen-bond donors (Lipinski definition) is 2. The Morgan fingerprint density at radius 1 is 1.25 bits per heavy atom. The van der Waals surface area contributed by atoms with Crippen molar-refractivity contribution >= 4 is 41.8 Å². The monoisotopic (exact) mass is 394 g/mol. The van der Waals surface area contributed by atoms with E-state index in [9.17, 15) is 9.59 Å². The first-order valence-electron chi connectivity index (χ1n) is 7.04. The van der Waals surface area contributed by atoms with Crippen LogP contribution in [0.1, 0.15) is 38.5 Å². The Bertz CT molecular complexity index is 367. The molecule has 2 rings (SSSR count). The Balaban J connectivity index is 0.00000200. The van der Waals surface area contributed by atoms with Gasteiger partial charge in [-0.1, -0.05) is 6.42 Å². The maximum Gasteiger partial charge on any atom is 0.229 e. The maximum atomic E-state index is 11.6. The lowest BCUT2D eigenvalue weighted by Crippen LogP contribution is -2.45. The Labute approximate surface area is 136 Å². The molecule has 1 heterocycles. The van der Waals surface area contributed by atoms with Gasteiger partial charge in [0.2, 0.25) is 11.8 Å². The normalized spacial score (nSPS) is 20.4. The van der Waals surface area contributed by atoms with E-state index in [1.807, 2.05) is 0 Å². The van der Waals surface area contributed by atoms with Gasteiger partial charge in [0.05, 0.1) is 0 Å². The molecule has 3 N–H and O–H groups in total. The van der Waals surface area contributed by atoms with E-state index in [2.05, 4.69) is 10.3 Å². The number of carbonyl (C=O) groups excluding carboxylic acids is 2. The SMILES string of the molecule is I.NC(=NCC1CCC1)NCCN1C(=O)CCCC1=O. The molecular formula is C13H23IN4O2. The second-order valence-corrected chi connectivity index (χ2v) is 5.24. The molecule has 114 valence electrons. The molecule has 1 saturated carbocycles. The number of halogens is 1. The van der Waals surface area contributed by atoms with Gasteiger partial charge in [0, 0.05) is 32.5 Å². The number of likely N-dealkylation sites (tertiary alicyclic amines) is 1. The average molecular weight is 394 g/mol. The summed E-state index contributed by atoms with van der Waals surface area (Å²) in [5, 5.41) is 2.96. The zero-order valence-corrected chi connectivity index (χ0v) is 14.0. The molecule has 1 aliphatic carbocycles. The highest BCUT2D eigenvalue weighted by Crippen LogP contribution is 2.26. The maximum absolute atomic E-state index is 11.6. The van der Waals surface area contributed by atoms with Crippen LogP contribution in [0.25, 0.3) is 0 Å². The zero-order chi connectivity index (χ0) is 13.7. The van der Waals surface area contributed by atoms with Crippen molar-refractivity contribution in [3.63, 3.8) is 0 Å². The molecular weight excluding hydrogens is 371 g/mol. The third-order valence-electron chi connectivity index (χ3n) is 3.77. The van der Waals surface area contributed by atoms with Gasteiger partial charge in [0.15, 0.2) is 5.96 Å². The summed E-state index contributed by atoms with van der Waals surface area (Å²) < 4.78 is 0. The molecule has 2 fully saturated rings. The topological polar surface area (TPSA) is 87.8 Å². The lowest BCUT2D eigenvalue weighted by molar-refractivity contribution is -0.147. The van der Waals surface area contributed by atoms with Crippen LogP contribution in [0.2, 0.25) is 0 Å². The summed E-state index contributed by atoms with van der Waals surface area (Å²) in [5.41, 5.74) is 5.74. The van der Waals surface area contributed by atoms with Crippen LogP contribution in [0.5, 0.6) is 0 Å². The smallest absolute Gasteiger partial charge is 0.229 e.